The van der Waals surface area contributed by atoms with E-state index in [1.54, 1.807) is 18.2 Å². The minimum atomic E-state index is -0.715. The molecule has 1 saturated carbocycles. The maximum atomic E-state index is 14.2. The minimum absolute atomic E-state index is 0.171. The van der Waals surface area contributed by atoms with Crippen LogP contribution in [0.3, 0.4) is 0 Å². The Morgan fingerprint density at radius 2 is 2.00 bits per heavy atom. The molecule has 1 aliphatic rings. The number of ether oxygens (including phenoxy) is 1. The van der Waals surface area contributed by atoms with Crippen LogP contribution < -0.4 is 4.74 Å². The molecule has 1 fully saturated rings. The van der Waals surface area contributed by atoms with Gasteiger partial charge in [-0.1, -0.05) is 44.7 Å². The zero-order valence-electron chi connectivity index (χ0n) is 12.4. The first kappa shape index (κ1) is 15.3. The van der Waals surface area contributed by atoms with Crippen molar-refractivity contribution in [2.75, 3.05) is 7.11 Å². The van der Waals surface area contributed by atoms with Crippen molar-refractivity contribution in [3.63, 3.8) is 0 Å². The van der Waals surface area contributed by atoms with E-state index in [4.69, 9.17) is 4.74 Å². The van der Waals surface area contributed by atoms with E-state index in [0.717, 1.165) is 31.6 Å². The second-order valence-corrected chi connectivity index (χ2v) is 5.88. The largest absolute Gasteiger partial charge is 0.494 e. The van der Waals surface area contributed by atoms with Crippen molar-refractivity contribution < 1.29 is 14.2 Å². The van der Waals surface area contributed by atoms with E-state index in [0.29, 0.717) is 5.56 Å². The van der Waals surface area contributed by atoms with Gasteiger partial charge in [-0.05, 0) is 30.7 Å². The second kappa shape index (κ2) is 7.07. The standard InChI is InChI=1S/C17H25FO2/c1-3-5-12-8-10-13(11-9-12)17(19)14-6-4-7-15(20-2)16(14)18/h4,6-7,12-13,17,19H,3,5,8-11H2,1-2H3. The van der Waals surface area contributed by atoms with Crippen LogP contribution in [0.15, 0.2) is 18.2 Å². The van der Waals surface area contributed by atoms with Crippen molar-refractivity contribution in [3.05, 3.63) is 29.6 Å². The van der Waals surface area contributed by atoms with Gasteiger partial charge in [0.05, 0.1) is 13.2 Å². The van der Waals surface area contributed by atoms with E-state index in [1.807, 2.05) is 0 Å². The number of hydrogen-bond acceptors (Lipinski definition) is 2. The molecule has 1 aromatic rings. The summed E-state index contributed by atoms with van der Waals surface area (Å²) in [7, 11) is 1.45. The number of benzene rings is 1. The Balaban J connectivity index is 2.03. The van der Waals surface area contributed by atoms with E-state index < -0.39 is 11.9 Å². The average Bonchev–Trinajstić information content (AvgIpc) is 2.48. The lowest BCUT2D eigenvalue weighted by molar-refractivity contribution is 0.0689. The van der Waals surface area contributed by atoms with Crippen LogP contribution in [0, 0.1) is 17.7 Å². The normalized spacial score (nSPS) is 24.4. The molecule has 2 rings (SSSR count). The SMILES string of the molecule is CCCC1CCC(C(O)c2cccc(OC)c2F)CC1. The Hall–Kier alpha value is -1.09. The van der Waals surface area contributed by atoms with Crippen molar-refractivity contribution in [2.45, 2.75) is 51.6 Å². The van der Waals surface area contributed by atoms with Gasteiger partial charge in [-0.2, -0.15) is 0 Å². The van der Waals surface area contributed by atoms with Crippen LogP contribution in [-0.4, -0.2) is 12.2 Å². The Labute approximate surface area is 121 Å². The topological polar surface area (TPSA) is 29.5 Å². The Morgan fingerprint density at radius 1 is 1.30 bits per heavy atom. The van der Waals surface area contributed by atoms with E-state index >= 15 is 0 Å². The lowest BCUT2D eigenvalue weighted by Gasteiger charge is -2.31. The lowest BCUT2D eigenvalue weighted by Crippen LogP contribution is -2.21. The highest BCUT2D eigenvalue weighted by Crippen LogP contribution is 2.39. The second-order valence-electron chi connectivity index (χ2n) is 5.88. The summed E-state index contributed by atoms with van der Waals surface area (Å²) in [5.41, 5.74) is 0.378. The van der Waals surface area contributed by atoms with Crippen molar-refractivity contribution in [2.24, 2.45) is 11.8 Å². The van der Waals surface area contributed by atoms with Gasteiger partial charge < -0.3 is 9.84 Å². The predicted molar refractivity (Wildman–Crippen MR) is 78.3 cm³/mol. The fraction of sp³-hybridized carbons (Fsp3) is 0.647. The zero-order valence-corrected chi connectivity index (χ0v) is 12.4. The number of rotatable bonds is 5. The van der Waals surface area contributed by atoms with Crippen molar-refractivity contribution >= 4 is 0 Å². The van der Waals surface area contributed by atoms with Crippen LogP contribution in [0.25, 0.3) is 0 Å². The van der Waals surface area contributed by atoms with Gasteiger partial charge >= 0.3 is 0 Å². The quantitative estimate of drug-likeness (QED) is 0.862. The maximum absolute atomic E-state index is 14.2. The molecule has 1 N–H and O–H groups in total. The summed E-state index contributed by atoms with van der Waals surface area (Å²) in [4.78, 5) is 0. The molecule has 0 radical (unpaired) electrons. The molecule has 0 spiro atoms. The van der Waals surface area contributed by atoms with Gasteiger partial charge in [-0.3, -0.25) is 0 Å². The molecule has 0 saturated heterocycles. The third kappa shape index (κ3) is 3.32. The highest BCUT2D eigenvalue weighted by molar-refractivity contribution is 5.32. The highest BCUT2D eigenvalue weighted by Gasteiger charge is 2.29. The van der Waals surface area contributed by atoms with Gasteiger partial charge in [0.15, 0.2) is 11.6 Å². The Morgan fingerprint density at radius 3 is 2.60 bits per heavy atom. The molecule has 0 amide bonds. The first-order valence-electron chi connectivity index (χ1n) is 7.67. The summed E-state index contributed by atoms with van der Waals surface area (Å²) in [6.45, 7) is 2.21. The summed E-state index contributed by atoms with van der Waals surface area (Å²) in [5, 5.41) is 10.5. The summed E-state index contributed by atoms with van der Waals surface area (Å²) in [5.74, 6) is 0.753. The minimum Gasteiger partial charge on any atom is -0.494 e. The van der Waals surface area contributed by atoms with Crippen LogP contribution in [0.1, 0.15) is 57.1 Å². The third-order valence-electron chi connectivity index (χ3n) is 4.57. The fourth-order valence-corrected chi connectivity index (χ4v) is 3.37. The molecule has 1 aromatic carbocycles. The Kier molecular flexibility index (Phi) is 5.41. The molecular weight excluding hydrogens is 255 g/mol. The number of aliphatic hydroxyl groups excluding tert-OH is 1. The van der Waals surface area contributed by atoms with Crippen molar-refractivity contribution in [1.29, 1.82) is 0 Å². The van der Waals surface area contributed by atoms with Gasteiger partial charge in [0, 0.05) is 5.56 Å². The van der Waals surface area contributed by atoms with Crippen molar-refractivity contribution in [1.82, 2.24) is 0 Å². The molecular formula is C17H25FO2. The zero-order chi connectivity index (χ0) is 14.5. The van der Waals surface area contributed by atoms with Crippen LogP contribution in [0.5, 0.6) is 5.75 Å². The molecule has 0 heterocycles. The molecule has 3 heteroatoms. The molecule has 1 aliphatic carbocycles. The molecule has 2 nitrogen and oxygen atoms in total. The Bertz CT molecular complexity index is 425. The maximum Gasteiger partial charge on any atom is 0.170 e. The molecule has 0 aromatic heterocycles. The van der Waals surface area contributed by atoms with Gasteiger partial charge in [-0.15, -0.1) is 0 Å². The third-order valence-corrected chi connectivity index (χ3v) is 4.57. The molecule has 20 heavy (non-hydrogen) atoms. The monoisotopic (exact) mass is 280 g/mol. The lowest BCUT2D eigenvalue weighted by atomic mass is 9.76. The smallest absolute Gasteiger partial charge is 0.170 e. The van der Waals surface area contributed by atoms with Gasteiger partial charge in [0.1, 0.15) is 0 Å². The molecule has 0 bridgehead atoms. The number of aliphatic hydroxyl groups is 1. The summed E-state index contributed by atoms with van der Waals surface area (Å²) in [6.07, 6.45) is 6.07. The summed E-state index contributed by atoms with van der Waals surface area (Å²) < 4.78 is 19.2. The van der Waals surface area contributed by atoms with E-state index in [9.17, 15) is 9.50 Å². The van der Waals surface area contributed by atoms with E-state index in [1.165, 1.54) is 20.0 Å². The van der Waals surface area contributed by atoms with Crippen LogP contribution in [0.4, 0.5) is 4.39 Å². The predicted octanol–water partition coefficient (Wildman–Crippen LogP) is 4.47. The van der Waals surface area contributed by atoms with Crippen LogP contribution >= 0.6 is 0 Å². The number of hydrogen-bond donors (Lipinski definition) is 1. The summed E-state index contributed by atoms with van der Waals surface area (Å²) in [6, 6.07) is 4.99. The number of halogens is 1. The van der Waals surface area contributed by atoms with E-state index in [2.05, 4.69) is 6.92 Å². The number of methoxy groups -OCH3 is 1. The first-order chi connectivity index (χ1) is 9.67. The molecule has 112 valence electrons. The fourth-order valence-electron chi connectivity index (χ4n) is 3.37. The average molecular weight is 280 g/mol. The highest BCUT2D eigenvalue weighted by atomic mass is 19.1. The molecule has 1 unspecified atom stereocenters. The van der Waals surface area contributed by atoms with Gasteiger partial charge in [0.2, 0.25) is 0 Å². The van der Waals surface area contributed by atoms with E-state index in [-0.39, 0.29) is 11.7 Å². The molecule has 1 atom stereocenters. The molecule has 0 aliphatic heterocycles. The van der Waals surface area contributed by atoms with Crippen LogP contribution in [0.2, 0.25) is 0 Å². The van der Waals surface area contributed by atoms with Crippen LogP contribution in [-0.2, 0) is 0 Å². The van der Waals surface area contributed by atoms with Crippen molar-refractivity contribution in [3.8, 4) is 5.75 Å². The van der Waals surface area contributed by atoms with Gasteiger partial charge in [-0.25, -0.2) is 4.39 Å². The van der Waals surface area contributed by atoms with Gasteiger partial charge in [0.25, 0.3) is 0 Å². The first-order valence-corrected chi connectivity index (χ1v) is 7.67. The summed E-state index contributed by atoms with van der Waals surface area (Å²) >= 11 is 0.